The minimum Gasteiger partial charge on any atom is -0.497 e. The molecule has 0 fully saturated rings. The Morgan fingerprint density at radius 1 is 0.155 bits per heavy atom. The lowest BCUT2D eigenvalue weighted by Crippen LogP contribution is -2.00. The van der Waals surface area contributed by atoms with Crippen molar-refractivity contribution in [2.24, 2.45) is 0 Å². The molecule has 12 nitrogen and oxygen atoms in total. The molecule has 0 aliphatic carbocycles. The van der Waals surface area contributed by atoms with Crippen LogP contribution in [0.5, 0.6) is 34.5 Å². The molecule has 12 heteroatoms. The van der Waals surface area contributed by atoms with Gasteiger partial charge in [0.25, 0.3) is 0 Å². The van der Waals surface area contributed by atoms with Crippen molar-refractivity contribution in [3.8, 4) is 170 Å². The predicted molar refractivity (Wildman–Crippen MR) is 325 cm³/mol. The molecule has 0 saturated heterocycles. The molecule has 0 radical (unpaired) electrons. The molecule has 84 heavy (non-hydrogen) atoms. The lowest BCUT2D eigenvalue weighted by atomic mass is 9.81. The van der Waals surface area contributed by atoms with Gasteiger partial charge in [-0.15, -0.1) is 0 Å². The van der Waals surface area contributed by atoms with Crippen LogP contribution in [-0.4, -0.2) is 42.7 Å². The van der Waals surface area contributed by atoms with Gasteiger partial charge in [-0.1, -0.05) is 0 Å². The largest absolute Gasteiger partial charge is 0.497 e. The standard InChI is InChI=1S/C72H54O12/c1-73-49-19-7-43(8-20-49)55-31-37-61(79-55)67-68(62-38-32-56(80-62)44-9-21-50(74-2)22-10-44)70(64-40-34-58(82-64)46-13-25-52(76-4)26-14-46)72(66-42-36-60(84-66)48-17-29-54(78-6)30-18-48)71(65-41-35-59(83-65)47-15-27-53(77-5)28-16-47)69(67)63-39-33-57(81-63)45-11-23-51(75-3)24-12-45/h7-42H,1-6H3. The highest BCUT2D eigenvalue weighted by Gasteiger charge is 2.36. The molecule has 0 bridgehead atoms. The van der Waals surface area contributed by atoms with Crippen LogP contribution in [-0.2, 0) is 0 Å². The molecule has 6 aromatic heterocycles. The van der Waals surface area contributed by atoms with E-state index in [1.807, 2.05) is 218 Å². The molecular weight excluding hydrogens is 1060 g/mol. The maximum absolute atomic E-state index is 7.22. The van der Waals surface area contributed by atoms with Crippen molar-refractivity contribution >= 4 is 0 Å². The fourth-order valence-electron chi connectivity index (χ4n) is 10.5. The van der Waals surface area contributed by atoms with Gasteiger partial charge in [0.2, 0.25) is 0 Å². The first-order valence-corrected chi connectivity index (χ1v) is 27.0. The summed E-state index contributed by atoms with van der Waals surface area (Å²) in [6, 6.07) is 70.1. The molecule has 0 atom stereocenters. The normalized spacial score (nSPS) is 11.2. The van der Waals surface area contributed by atoms with Crippen LogP contribution in [0.4, 0.5) is 0 Å². The van der Waals surface area contributed by atoms with Crippen LogP contribution in [0.15, 0.2) is 245 Å². The van der Waals surface area contributed by atoms with Gasteiger partial charge in [0.15, 0.2) is 0 Å². The predicted octanol–water partition coefficient (Wildman–Crippen LogP) is 19.3. The lowest BCUT2D eigenvalue weighted by molar-refractivity contribution is 0.414. The van der Waals surface area contributed by atoms with Crippen molar-refractivity contribution in [1.29, 1.82) is 0 Å². The number of rotatable bonds is 18. The van der Waals surface area contributed by atoms with Crippen molar-refractivity contribution in [3.63, 3.8) is 0 Å². The summed E-state index contributed by atoms with van der Waals surface area (Å²) in [7, 11) is 9.87. The molecule has 7 aromatic carbocycles. The summed E-state index contributed by atoms with van der Waals surface area (Å²) in [6.07, 6.45) is 0. The topological polar surface area (TPSA) is 134 Å². The highest BCUT2D eigenvalue weighted by molar-refractivity contribution is 6.12. The second-order valence-electron chi connectivity index (χ2n) is 19.6. The number of methoxy groups -OCH3 is 6. The molecule has 0 saturated carbocycles. The SMILES string of the molecule is COc1ccc(-c2ccc(-c3c(-c4ccc(-c5ccc(OC)cc5)o4)c(-c4ccc(-c5ccc(OC)cc5)o4)c(-c4ccc(-c5ccc(OC)cc5)o4)c(-c4ccc(-c5ccc(OC)cc5)o4)c3-c3ccc(-c4ccc(OC)cc4)o3)o2)cc1. The van der Waals surface area contributed by atoms with Crippen LogP contribution in [0, 0.1) is 0 Å². The van der Waals surface area contributed by atoms with Crippen LogP contribution < -0.4 is 28.4 Å². The quantitative estimate of drug-likeness (QED) is 0.0809. The van der Waals surface area contributed by atoms with E-state index in [1.54, 1.807) is 42.7 Å². The fraction of sp³-hybridized carbons (Fsp3) is 0.0833. The van der Waals surface area contributed by atoms with Crippen LogP contribution in [0.1, 0.15) is 0 Å². The van der Waals surface area contributed by atoms with Gasteiger partial charge >= 0.3 is 0 Å². The van der Waals surface area contributed by atoms with E-state index in [9.17, 15) is 0 Å². The van der Waals surface area contributed by atoms with Gasteiger partial charge in [-0.2, -0.15) is 0 Å². The Hall–Kier alpha value is -11.0. The Balaban J connectivity index is 1.19. The van der Waals surface area contributed by atoms with Gasteiger partial charge in [-0.3, -0.25) is 0 Å². The summed E-state index contributed by atoms with van der Waals surface area (Å²) in [5.74, 6) is 10.7. The van der Waals surface area contributed by atoms with Crippen molar-refractivity contribution < 1.29 is 54.9 Å². The number of benzene rings is 7. The number of hydrogen-bond donors (Lipinski definition) is 0. The molecule has 0 aliphatic heterocycles. The Bertz CT molecular complexity index is 3640. The average molecular weight is 1110 g/mol. The molecule has 13 rings (SSSR count). The molecule has 0 N–H and O–H groups in total. The van der Waals surface area contributed by atoms with E-state index in [2.05, 4.69) is 0 Å². The van der Waals surface area contributed by atoms with Gasteiger partial charge in [0.1, 0.15) is 104 Å². The van der Waals surface area contributed by atoms with Crippen LogP contribution in [0.25, 0.3) is 136 Å². The smallest absolute Gasteiger partial charge is 0.136 e. The Morgan fingerprint density at radius 2 is 0.274 bits per heavy atom. The van der Waals surface area contributed by atoms with E-state index in [4.69, 9.17) is 54.9 Å². The molecule has 0 aliphatic rings. The Labute approximate surface area is 484 Å². The van der Waals surface area contributed by atoms with Gasteiger partial charge < -0.3 is 54.9 Å². The monoisotopic (exact) mass is 1110 g/mol. The minimum absolute atomic E-state index is 0.479. The van der Waals surface area contributed by atoms with Gasteiger partial charge in [-0.05, 0) is 218 Å². The van der Waals surface area contributed by atoms with Crippen molar-refractivity contribution in [3.05, 3.63) is 218 Å². The lowest BCUT2D eigenvalue weighted by Gasteiger charge is -2.23. The van der Waals surface area contributed by atoms with E-state index in [0.717, 1.165) is 33.4 Å². The maximum atomic E-state index is 7.22. The second kappa shape index (κ2) is 22.5. The molecule has 0 unspecified atom stereocenters. The summed E-state index contributed by atoms with van der Waals surface area (Å²) < 4.78 is 76.7. The number of ether oxygens (including phenoxy) is 6. The second-order valence-corrected chi connectivity index (χ2v) is 19.6. The molecule has 0 amide bonds. The molecule has 13 aromatic rings. The average Bonchev–Trinajstić information content (AvgIpc) is 2.56. The third kappa shape index (κ3) is 9.96. The van der Waals surface area contributed by atoms with Crippen molar-refractivity contribution in [2.75, 3.05) is 42.7 Å². The number of furan rings is 6. The zero-order chi connectivity index (χ0) is 57.3. The molecule has 414 valence electrons. The molecular formula is C72H54O12. The van der Waals surface area contributed by atoms with Crippen molar-refractivity contribution in [2.45, 2.75) is 0 Å². The zero-order valence-electron chi connectivity index (χ0n) is 46.7. The zero-order valence-corrected chi connectivity index (χ0v) is 46.7. The highest BCUT2D eigenvalue weighted by Crippen LogP contribution is 2.58. The highest BCUT2D eigenvalue weighted by atomic mass is 16.5. The first-order valence-electron chi connectivity index (χ1n) is 27.0. The third-order valence-electron chi connectivity index (χ3n) is 14.9. The summed E-state index contributed by atoms with van der Waals surface area (Å²) in [5.41, 5.74) is 8.56. The fourth-order valence-corrected chi connectivity index (χ4v) is 10.5. The van der Waals surface area contributed by atoms with Gasteiger partial charge in [0.05, 0.1) is 42.7 Å². The third-order valence-corrected chi connectivity index (χ3v) is 14.9. The first kappa shape index (κ1) is 52.4. The van der Waals surface area contributed by atoms with E-state index < -0.39 is 0 Å². The van der Waals surface area contributed by atoms with E-state index in [-0.39, 0.29) is 0 Å². The van der Waals surface area contributed by atoms with E-state index >= 15 is 0 Å². The van der Waals surface area contributed by atoms with Crippen LogP contribution >= 0.6 is 0 Å². The summed E-state index contributed by atoms with van der Waals surface area (Å²) in [6.45, 7) is 0. The summed E-state index contributed by atoms with van der Waals surface area (Å²) >= 11 is 0. The summed E-state index contributed by atoms with van der Waals surface area (Å²) in [5, 5.41) is 0. The number of hydrogen-bond acceptors (Lipinski definition) is 12. The first-order chi connectivity index (χ1) is 41.3. The molecule has 0 spiro atoms. The van der Waals surface area contributed by atoms with Crippen LogP contribution in [0.3, 0.4) is 0 Å². The molecule has 6 heterocycles. The van der Waals surface area contributed by atoms with Crippen molar-refractivity contribution in [1.82, 2.24) is 0 Å². The van der Waals surface area contributed by atoms with E-state index in [1.165, 1.54) is 0 Å². The van der Waals surface area contributed by atoms with E-state index in [0.29, 0.717) is 137 Å². The Kier molecular flexibility index (Phi) is 14.0. The maximum Gasteiger partial charge on any atom is 0.136 e. The van der Waals surface area contributed by atoms with Gasteiger partial charge in [0, 0.05) is 66.8 Å². The minimum atomic E-state index is 0.479. The van der Waals surface area contributed by atoms with Gasteiger partial charge in [-0.25, -0.2) is 0 Å². The Morgan fingerprint density at radius 3 is 0.393 bits per heavy atom. The summed E-state index contributed by atoms with van der Waals surface area (Å²) in [4.78, 5) is 0. The van der Waals surface area contributed by atoms with Crippen LogP contribution in [0.2, 0.25) is 0 Å².